The third-order valence-electron chi connectivity index (χ3n) is 3.96. The van der Waals surface area contributed by atoms with Gasteiger partial charge in [0.2, 0.25) is 5.91 Å². The number of aromatic nitrogens is 1. The molecule has 0 aromatic carbocycles. The Morgan fingerprint density at radius 1 is 1.25 bits per heavy atom. The number of anilines is 1. The van der Waals surface area contributed by atoms with Crippen LogP contribution in [0, 0.1) is 11.8 Å². The lowest BCUT2D eigenvalue weighted by Gasteiger charge is -2.32. The summed E-state index contributed by atoms with van der Waals surface area (Å²) in [5, 5.41) is 9.30. The molecule has 1 aliphatic rings. The van der Waals surface area contributed by atoms with Gasteiger partial charge in [0.25, 0.3) is 0 Å². The number of rotatable bonds is 4. The van der Waals surface area contributed by atoms with Crippen molar-refractivity contribution in [3.8, 4) is 0 Å². The Hall–Kier alpha value is -1.91. The fourth-order valence-corrected chi connectivity index (χ4v) is 2.91. The molecule has 0 radical (unpaired) electrons. The maximum Gasteiger partial charge on any atom is 0.307 e. The quantitative estimate of drug-likeness (QED) is 0.916. The minimum atomic E-state index is -0.853. The summed E-state index contributed by atoms with van der Waals surface area (Å²) in [6, 6.07) is 3.56. The van der Waals surface area contributed by atoms with Gasteiger partial charge >= 0.3 is 5.97 Å². The van der Waals surface area contributed by atoms with Gasteiger partial charge < -0.3 is 10.0 Å². The van der Waals surface area contributed by atoms with E-state index < -0.39 is 17.8 Å². The first-order chi connectivity index (χ1) is 9.65. The molecule has 1 aliphatic carbocycles. The topological polar surface area (TPSA) is 70.5 Å². The number of nitrogens with zero attached hydrogens (tertiary/aromatic N) is 2. The summed E-state index contributed by atoms with van der Waals surface area (Å²) >= 11 is 0. The normalized spacial score (nSPS) is 22.2. The highest BCUT2D eigenvalue weighted by atomic mass is 16.4. The predicted octanol–water partition coefficient (Wildman–Crippen LogP) is 2.33. The van der Waals surface area contributed by atoms with Gasteiger partial charge in [0, 0.05) is 24.6 Å². The van der Waals surface area contributed by atoms with Gasteiger partial charge in [-0.25, -0.2) is 0 Å². The molecule has 108 valence electrons. The van der Waals surface area contributed by atoms with Gasteiger partial charge in [-0.1, -0.05) is 12.8 Å². The number of carboxylic acids is 1. The van der Waals surface area contributed by atoms with Crippen molar-refractivity contribution in [2.45, 2.75) is 32.6 Å². The minimum Gasteiger partial charge on any atom is -0.481 e. The molecular formula is C15H20N2O3. The number of carboxylic acid groups (broad SMARTS) is 1. The van der Waals surface area contributed by atoms with E-state index in [1.165, 1.54) is 0 Å². The SMILES string of the molecule is CCN(C(=O)[C@@H]1CCCC[C@@H]1C(=O)O)c1ccncc1. The van der Waals surface area contributed by atoms with Crippen molar-refractivity contribution < 1.29 is 14.7 Å². The molecule has 0 saturated heterocycles. The van der Waals surface area contributed by atoms with Gasteiger partial charge in [0.05, 0.1) is 11.8 Å². The molecule has 1 N–H and O–H groups in total. The smallest absolute Gasteiger partial charge is 0.307 e. The predicted molar refractivity (Wildman–Crippen MR) is 75.3 cm³/mol. The van der Waals surface area contributed by atoms with Crippen LogP contribution < -0.4 is 4.90 Å². The highest BCUT2D eigenvalue weighted by Gasteiger charge is 2.37. The molecule has 0 aliphatic heterocycles. The average molecular weight is 276 g/mol. The van der Waals surface area contributed by atoms with Crippen molar-refractivity contribution in [2.75, 3.05) is 11.4 Å². The molecule has 5 nitrogen and oxygen atoms in total. The standard InChI is InChI=1S/C15H20N2O3/c1-2-17(11-7-9-16-10-8-11)14(18)12-5-3-4-6-13(12)15(19)20/h7-10,12-13H,2-6H2,1H3,(H,19,20)/t12-,13+/m1/s1. The van der Waals surface area contributed by atoms with Crippen LogP contribution in [-0.2, 0) is 9.59 Å². The van der Waals surface area contributed by atoms with E-state index in [0.717, 1.165) is 18.5 Å². The third-order valence-corrected chi connectivity index (χ3v) is 3.96. The molecule has 1 fully saturated rings. The summed E-state index contributed by atoms with van der Waals surface area (Å²) in [4.78, 5) is 29.6. The van der Waals surface area contributed by atoms with Gasteiger partial charge in [-0.15, -0.1) is 0 Å². The van der Waals surface area contributed by atoms with Crippen LogP contribution in [0.5, 0.6) is 0 Å². The number of carbonyl (C=O) groups is 2. The van der Waals surface area contributed by atoms with E-state index in [1.807, 2.05) is 6.92 Å². The average Bonchev–Trinajstić information content (AvgIpc) is 2.49. The minimum absolute atomic E-state index is 0.0780. The molecule has 20 heavy (non-hydrogen) atoms. The van der Waals surface area contributed by atoms with E-state index in [2.05, 4.69) is 4.98 Å². The fourth-order valence-electron chi connectivity index (χ4n) is 2.91. The van der Waals surface area contributed by atoms with Crippen LogP contribution in [0.3, 0.4) is 0 Å². The van der Waals surface area contributed by atoms with Crippen LogP contribution in [0.4, 0.5) is 5.69 Å². The number of hydrogen-bond donors (Lipinski definition) is 1. The largest absolute Gasteiger partial charge is 0.481 e. The second-order valence-electron chi connectivity index (χ2n) is 5.12. The van der Waals surface area contributed by atoms with Crippen LogP contribution in [0.2, 0.25) is 0 Å². The van der Waals surface area contributed by atoms with Crippen molar-refractivity contribution in [3.63, 3.8) is 0 Å². The Morgan fingerprint density at radius 2 is 1.85 bits per heavy atom. The monoisotopic (exact) mass is 276 g/mol. The molecule has 1 saturated carbocycles. The van der Waals surface area contributed by atoms with Gasteiger partial charge in [-0.05, 0) is 31.9 Å². The summed E-state index contributed by atoms with van der Waals surface area (Å²) in [7, 11) is 0. The zero-order valence-electron chi connectivity index (χ0n) is 11.7. The molecule has 0 spiro atoms. The van der Waals surface area contributed by atoms with Crippen molar-refractivity contribution in [3.05, 3.63) is 24.5 Å². The van der Waals surface area contributed by atoms with Crippen molar-refractivity contribution >= 4 is 17.6 Å². The Balaban J connectivity index is 2.21. The van der Waals surface area contributed by atoms with E-state index in [0.29, 0.717) is 19.4 Å². The van der Waals surface area contributed by atoms with Crippen LogP contribution in [0.15, 0.2) is 24.5 Å². The molecule has 0 bridgehead atoms. The zero-order chi connectivity index (χ0) is 14.5. The van der Waals surface area contributed by atoms with Crippen molar-refractivity contribution in [1.29, 1.82) is 0 Å². The summed E-state index contributed by atoms with van der Waals surface area (Å²) in [6.45, 7) is 2.43. The van der Waals surface area contributed by atoms with E-state index >= 15 is 0 Å². The van der Waals surface area contributed by atoms with Crippen molar-refractivity contribution in [2.24, 2.45) is 11.8 Å². The number of hydrogen-bond acceptors (Lipinski definition) is 3. The summed E-state index contributed by atoms with van der Waals surface area (Å²) in [5.74, 6) is -1.89. The maximum atomic E-state index is 12.7. The molecule has 1 amide bonds. The Kier molecular flexibility index (Phi) is 4.71. The lowest BCUT2D eigenvalue weighted by atomic mass is 9.78. The lowest BCUT2D eigenvalue weighted by molar-refractivity contribution is -0.148. The first kappa shape index (κ1) is 14.5. The summed E-state index contributed by atoms with van der Waals surface area (Å²) in [6.07, 6.45) is 6.36. The van der Waals surface area contributed by atoms with Crippen LogP contribution in [0.25, 0.3) is 0 Å². The Bertz CT molecular complexity index is 475. The van der Waals surface area contributed by atoms with Gasteiger partial charge in [0.15, 0.2) is 0 Å². The van der Waals surface area contributed by atoms with E-state index in [-0.39, 0.29) is 5.91 Å². The number of amides is 1. The molecule has 1 aromatic heterocycles. The molecule has 5 heteroatoms. The highest BCUT2D eigenvalue weighted by molar-refractivity contribution is 5.97. The summed E-state index contributed by atoms with van der Waals surface area (Å²) < 4.78 is 0. The van der Waals surface area contributed by atoms with Gasteiger partial charge in [-0.2, -0.15) is 0 Å². The second-order valence-corrected chi connectivity index (χ2v) is 5.12. The molecule has 1 heterocycles. The molecule has 2 atom stereocenters. The maximum absolute atomic E-state index is 12.7. The number of pyridine rings is 1. The zero-order valence-corrected chi connectivity index (χ0v) is 11.7. The van der Waals surface area contributed by atoms with E-state index in [9.17, 15) is 14.7 Å². The number of carbonyl (C=O) groups excluding carboxylic acids is 1. The first-order valence-electron chi connectivity index (χ1n) is 7.09. The Morgan fingerprint density at radius 3 is 2.40 bits per heavy atom. The fraction of sp³-hybridized carbons (Fsp3) is 0.533. The summed E-state index contributed by atoms with van der Waals surface area (Å²) in [5.41, 5.74) is 0.780. The molecule has 1 aromatic rings. The molecule has 2 rings (SSSR count). The second kappa shape index (κ2) is 6.50. The van der Waals surface area contributed by atoms with Crippen LogP contribution >= 0.6 is 0 Å². The van der Waals surface area contributed by atoms with Gasteiger partial charge in [-0.3, -0.25) is 14.6 Å². The van der Waals surface area contributed by atoms with Crippen LogP contribution in [-0.4, -0.2) is 28.5 Å². The van der Waals surface area contributed by atoms with Crippen LogP contribution in [0.1, 0.15) is 32.6 Å². The van der Waals surface area contributed by atoms with E-state index in [1.54, 1.807) is 29.4 Å². The highest BCUT2D eigenvalue weighted by Crippen LogP contribution is 2.32. The van der Waals surface area contributed by atoms with E-state index in [4.69, 9.17) is 0 Å². The first-order valence-corrected chi connectivity index (χ1v) is 7.09. The van der Waals surface area contributed by atoms with Crippen molar-refractivity contribution in [1.82, 2.24) is 4.98 Å². The molecule has 0 unspecified atom stereocenters. The van der Waals surface area contributed by atoms with Gasteiger partial charge in [0.1, 0.15) is 0 Å². The number of aliphatic carboxylic acids is 1. The third kappa shape index (κ3) is 2.98. The Labute approximate surface area is 118 Å². The molecular weight excluding hydrogens is 256 g/mol. The lowest BCUT2D eigenvalue weighted by Crippen LogP contribution is -2.42.